The number of hydrogen-bond acceptors (Lipinski definition) is 3. The van der Waals surface area contributed by atoms with Gasteiger partial charge in [-0.15, -0.1) is 0 Å². The highest BCUT2D eigenvalue weighted by molar-refractivity contribution is 6.21. The van der Waals surface area contributed by atoms with Crippen molar-refractivity contribution in [2.75, 3.05) is 0 Å². The molecule has 0 aliphatic carbocycles. The van der Waals surface area contributed by atoms with Crippen molar-refractivity contribution in [2.24, 2.45) is 0 Å². The van der Waals surface area contributed by atoms with Gasteiger partial charge in [0.15, 0.2) is 0 Å². The maximum Gasteiger partial charge on any atom is 0.261 e. The van der Waals surface area contributed by atoms with Gasteiger partial charge in [0.2, 0.25) is 0 Å². The van der Waals surface area contributed by atoms with Gasteiger partial charge in [-0.25, -0.2) is 0 Å². The van der Waals surface area contributed by atoms with Crippen molar-refractivity contribution in [1.29, 1.82) is 0 Å². The number of carbonyl (C=O) groups excluding carboxylic acids is 2. The molecule has 0 bridgehead atoms. The summed E-state index contributed by atoms with van der Waals surface area (Å²) in [6.07, 6.45) is 0.807. The Labute approximate surface area is 151 Å². The molecule has 1 aliphatic rings. The van der Waals surface area contributed by atoms with Crippen LogP contribution in [-0.2, 0) is 13.0 Å². The van der Waals surface area contributed by atoms with Gasteiger partial charge in [-0.3, -0.25) is 19.6 Å². The Morgan fingerprint density at radius 1 is 0.885 bits per heavy atom. The smallest absolute Gasteiger partial charge is 0.261 e. The highest BCUT2D eigenvalue weighted by Gasteiger charge is 2.34. The fourth-order valence-corrected chi connectivity index (χ4v) is 3.37. The third-order valence-corrected chi connectivity index (χ3v) is 4.90. The van der Waals surface area contributed by atoms with Crippen molar-refractivity contribution < 1.29 is 9.59 Å². The van der Waals surface area contributed by atoms with Gasteiger partial charge in [-0.05, 0) is 37.1 Å². The van der Waals surface area contributed by atoms with Crippen molar-refractivity contribution in [3.8, 4) is 0 Å². The molecule has 2 amide bonds. The fourth-order valence-electron chi connectivity index (χ4n) is 3.37. The number of aromatic nitrogens is 2. The van der Waals surface area contributed by atoms with Crippen LogP contribution in [0.5, 0.6) is 0 Å². The molecular weight excluding hydrogens is 326 g/mol. The van der Waals surface area contributed by atoms with E-state index in [9.17, 15) is 9.59 Å². The van der Waals surface area contributed by atoms with E-state index in [0.717, 1.165) is 23.4 Å². The Hall–Kier alpha value is -3.21. The number of nitrogens with zero attached hydrogens (tertiary/aromatic N) is 2. The Kier molecular flexibility index (Phi) is 3.92. The second-order valence-corrected chi connectivity index (χ2v) is 6.65. The van der Waals surface area contributed by atoms with Crippen LogP contribution in [0.25, 0.3) is 0 Å². The normalized spacial score (nSPS) is 13.4. The molecule has 1 aliphatic heterocycles. The monoisotopic (exact) mass is 345 g/mol. The zero-order chi connectivity index (χ0) is 18.3. The molecule has 3 aromatic rings. The van der Waals surface area contributed by atoms with Crippen LogP contribution in [-0.4, -0.2) is 26.9 Å². The summed E-state index contributed by atoms with van der Waals surface area (Å²) in [7, 11) is 0. The zero-order valence-electron chi connectivity index (χ0n) is 14.7. The first-order valence-electron chi connectivity index (χ1n) is 8.58. The summed E-state index contributed by atoms with van der Waals surface area (Å²) in [5.41, 5.74) is 6.38. The molecule has 0 radical (unpaired) electrons. The summed E-state index contributed by atoms with van der Waals surface area (Å²) in [5, 5.41) is 7.23. The van der Waals surface area contributed by atoms with E-state index in [0.29, 0.717) is 11.1 Å². The lowest BCUT2D eigenvalue weighted by atomic mass is 10.0. The number of aromatic amines is 1. The predicted molar refractivity (Wildman–Crippen MR) is 98.0 cm³/mol. The first kappa shape index (κ1) is 16.3. The molecule has 26 heavy (non-hydrogen) atoms. The molecule has 130 valence electrons. The summed E-state index contributed by atoms with van der Waals surface area (Å²) >= 11 is 0. The van der Waals surface area contributed by atoms with E-state index >= 15 is 0 Å². The molecule has 0 saturated carbocycles. The molecular formula is C21H19N3O2. The van der Waals surface area contributed by atoms with Crippen molar-refractivity contribution in [1.82, 2.24) is 15.1 Å². The van der Waals surface area contributed by atoms with E-state index in [4.69, 9.17) is 0 Å². The average Bonchev–Trinajstić information content (AvgIpc) is 3.09. The third kappa shape index (κ3) is 2.71. The van der Waals surface area contributed by atoms with Gasteiger partial charge in [-0.1, -0.05) is 36.4 Å². The highest BCUT2D eigenvalue weighted by atomic mass is 16.2. The SMILES string of the molecule is Cc1n[nH]c(C)c1Cc1ccc(CN2C(=O)c3ccccc3C2=O)cc1. The van der Waals surface area contributed by atoms with Gasteiger partial charge >= 0.3 is 0 Å². The Bertz CT molecular complexity index is 948. The second kappa shape index (κ2) is 6.26. The lowest BCUT2D eigenvalue weighted by molar-refractivity contribution is 0.0642. The predicted octanol–water partition coefficient (Wildman–Crippen LogP) is 3.41. The molecule has 0 spiro atoms. The number of nitrogens with one attached hydrogen (secondary N) is 1. The molecule has 1 aromatic heterocycles. The van der Waals surface area contributed by atoms with E-state index in [-0.39, 0.29) is 18.4 Å². The maximum atomic E-state index is 12.5. The topological polar surface area (TPSA) is 66.1 Å². The van der Waals surface area contributed by atoms with Crippen LogP contribution in [0, 0.1) is 13.8 Å². The number of amides is 2. The molecule has 0 atom stereocenters. The standard InChI is InChI=1S/C21H19N3O2/c1-13-19(14(2)23-22-13)11-15-7-9-16(10-8-15)12-24-20(25)17-5-3-4-6-18(17)21(24)26/h3-10H,11-12H2,1-2H3,(H,22,23). The molecule has 5 heteroatoms. The molecule has 5 nitrogen and oxygen atoms in total. The third-order valence-electron chi connectivity index (χ3n) is 4.90. The van der Waals surface area contributed by atoms with Gasteiger partial charge < -0.3 is 0 Å². The van der Waals surface area contributed by atoms with Crippen LogP contribution >= 0.6 is 0 Å². The summed E-state index contributed by atoms with van der Waals surface area (Å²) in [5.74, 6) is -0.446. The maximum absolute atomic E-state index is 12.5. The fraction of sp³-hybridized carbons (Fsp3) is 0.190. The first-order valence-corrected chi connectivity index (χ1v) is 8.58. The molecule has 1 N–H and O–H groups in total. The first-order chi connectivity index (χ1) is 12.5. The van der Waals surface area contributed by atoms with Crippen molar-refractivity contribution in [3.05, 3.63) is 87.7 Å². The average molecular weight is 345 g/mol. The van der Waals surface area contributed by atoms with E-state index in [1.165, 1.54) is 16.0 Å². The van der Waals surface area contributed by atoms with Crippen LogP contribution in [0.15, 0.2) is 48.5 Å². The minimum atomic E-state index is -0.223. The Balaban J connectivity index is 1.50. The van der Waals surface area contributed by atoms with Crippen LogP contribution in [0.3, 0.4) is 0 Å². The quantitative estimate of drug-likeness (QED) is 0.737. The van der Waals surface area contributed by atoms with E-state index in [1.807, 2.05) is 38.1 Å². The zero-order valence-corrected chi connectivity index (χ0v) is 14.7. The number of carbonyl (C=O) groups is 2. The summed E-state index contributed by atoms with van der Waals surface area (Å²) in [6.45, 7) is 4.30. The van der Waals surface area contributed by atoms with Crippen LogP contribution in [0.2, 0.25) is 0 Å². The van der Waals surface area contributed by atoms with Crippen LogP contribution in [0.1, 0.15) is 48.8 Å². The lowest BCUT2D eigenvalue weighted by Crippen LogP contribution is -2.29. The number of H-pyrrole nitrogens is 1. The number of fused-ring (bicyclic) bond motifs is 1. The lowest BCUT2D eigenvalue weighted by Gasteiger charge is -2.14. The van der Waals surface area contributed by atoms with Crippen molar-refractivity contribution in [3.63, 3.8) is 0 Å². The largest absolute Gasteiger partial charge is 0.282 e. The molecule has 0 unspecified atom stereocenters. The Morgan fingerprint density at radius 2 is 1.46 bits per heavy atom. The van der Waals surface area contributed by atoms with Crippen molar-refractivity contribution >= 4 is 11.8 Å². The number of aryl methyl sites for hydroxylation is 2. The van der Waals surface area contributed by atoms with E-state index in [1.54, 1.807) is 24.3 Å². The number of hydrogen-bond donors (Lipinski definition) is 1. The van der Waals surface area contributed by atoms with Gasteiger partial charge in [0.05, 0.1) is 23.4 Å². The van der Waals surface area contributed by atoms with Crippen LogP contribution in [0.4, 0.5) is 0 Å². The second-order valence-electron chi connectivity index (χ2n) is 6.65. The minimum Gasteiger partial charge on any atom is -0.282 e. The van der Waals surface area contributed by atoms with Crippen molar-refractivity contribution in [2.45, 2.75) is 26.8 Å². The molecule has 2 aromatic carbocycles. The highest BCUT2D eigenvalue weighted by Crippen LogP contribution is 2.24. The van der Waals surface area contributed by atoms with Gasteiger partial charge in [0.1, 0.15) is 0 Å². The van der Waals surface area contributed by atoms with E-state index in [2.05, 4.69) is 10.2 Å². The Morgan fingerprint density at radius 3 is 2.00 bits per heavy atom. The van der Waals surface area contributed by atoms with Crippen LogP contribution < -0.4 is 0 Å². The summed E-state index contributed by atoms with van der Waals surface area (Å²) in [6, 6.07) is 15.0. The van der Waals surface area contributed by atoms with Gasteiger partial charge in [-0.2, -0.15) is 5.10 Å². The molecule has 2 heterocycles. The molecule has 4 rings (SSSR count). The number of imide groups is 1. The van der Waals surface area contributed by atoms with E-state index < -0.39 is 0 Å². The minimum absolute atomic E-state index is 0.223. The number of rotatable bonds is 4. The number of benzene rings is 2. The summed E-state index contributed by atoms with van der Waals surface area (Å²) in [4.78, 5) is 26.2. The van der Waals surface area contributed by atoms with Gasteiger partial charge in [0.25, 0.3) is 11.8 Å². The summed E-state index contributed by atoms with van der Waals surface area (Å²) < 4.78 is 0. The molecule has 0 fully saturated rings. The molecule has 0 saturated heterocycles. The van der Waals surface area contributed by atoms with Gasteiger partial charge in [0, 0.05) is 17.7 Å².